The molecule has 1 aromatic rings. The molecule has 0 radical (unpaired) electrons. The lowest BCUT2D eigenvalue weighted by atomic mass is 10.3. The van der Waals surface area contributed by atoms with Gasteiger partial charge in [0.2, 0.25) is 0 Å². The molecule has 0 saturated carbocycles. The van der Waals surface area contributed by atoms with E-state index >= 15 is 0 Å². The van der Waals surface area contributed by atoms with Crippen LogP contribution in [0.25, 0.3) is 4.91 Å². The molecule has 1 aliphatic rings. The second-order valence-corrected chi connectivity index (χ2v) is 8.36. The minimum Gasteiger partial charge on any atom is -0.224 e. The van der Waals surface area contributed by atoms with Gasteiger partial charge in [0.15, 0.2) is 19.7 Å². The fourth-order valence-corrected chi connectivity index (χ4v) is 5.80. The van der Waals surface area contributed by atoms with Crippen molar-refractivity contribution in [2.75, 3.05) is 11.5 Å². The number of hydrogen-bond donors (Lipinski definition) is 0. The molecule has 0 atom stereocenters. The lowest BCUT2D eigenvalue weighted by Gasteiger charge is -2.02. The van der Waals surface area contributed by atoms with Crippen molar-refractivity contribution in [1.82, 2.24) is 0 Å². The van der Waals surface area contributed by atoms with Gasteiger partial charge >= 0.3 is 0 Å². The van der Waals surface area contributed by atoms with Crippen molar-refractivity contribution >= 4 is 35.9 Å². The maximum atomic E-state index is 11.9. The molecular formula is C9H10O4S3. The molecule has 0 fully saturated rings. The van der Waals surface area contributed by atoms with Crippen molar-refractivity contribution in [3.05, 3.63) is 27.8 Å². The molecule has 2 rings (SSSR count). The SMILES string of the molecule is O=S1(=O)C=C(c2ccsc2)S(=O)(=O)CCC1. The zero-order valence-electron chi connectivity index (χ0n) is 8.29. The third kappa shape index (κ3) is 2.36. The Kier molecular flexibility index (Phi) is 2.93. The van der Waals surface area contributed by atoms with Crippen molar-refractivity contribution in [3.8, 4) is 0 Å². The van der Waals surface area contributed by atoms with Crippen molar-refractivity contribution in [2.45, 2.75) is 6.42 Å². The van der Waals surface area contributed by atoms with Gasteiger partial charge in [0.05, 0.1) is 16.4 Å². The number of rotatable bonds is 1. The van der Waals surface area contributed by atoms with Crippen LogP contribution in [0.3, 0.4) is 0 Å². The summed E-state index contributed by atoms with van der Waals surface area (Å²) in [4.78, 5) is -0.0637. The van der Waals surface area contributed by atoms with Gasteiger partial charge in [-0.3, -0.25) is 0 Å². The lowest BCUT2D eigenvalue weighted by Crippen LogP contribution is -2.06. The van der Waals surface area contributed by atoms with Gasteiger partial charge in [-0.05, 0) is 23.2 Å². The standard InChI is InChI=1S/C9H10O4S3/c10-15(11)4-1-5-16(12,13)9(7-15)8-2-3-14-6-8/h2-3,6-7H,1,4-5H2. The normalized spacial score (nSPS) is 23.4. The lowest BCUT2D eigenvalue weighted by molar-refractivity contribution is 0.602. The van der Waals surface area contributed by atoms with Crippen LogP contribution in [0.4, 0.5) is 0 Å². The molecule has 0 N–H and O–H groups in total. The molecular weight excluding hydrogens is 268 g/mol. The van der Waals surface area contributed by atoms with Crippen molar-refractivity contribution in [3.63, 3.8) is 0 Å². The molecule has 0 bridgehead atoms. The van der Waals surface area contributed by atoms with Crippen LogP contribution in [0.5, 0.6) is 0 Å². The van der Waals surface area contributed by atoms with Crippen LogP contribution in [-0.2, 0) is 19.7 Å². The first-order chi connectivity index (χ1) is 7.41. The van der Waals surface area contributed by atoms with Crippen LogP contribution in [-0.4, -0.2) is 28.3 Å². The van der Waals surface area contributed by atoms with Gasteiger partial charge in [-0.2, -0.15) is 11.3 Å². The molecule has 16 heavy (non-hydrogen) atoms. The largest absolute Gasteiger partial charge is 0.224 e. The summed E-state index contributed by atoms with van der Waals surface area (Å²) in [5.74, 6) is -0.201. The molecule has 0 aromatic carbocycles. The first-order valence-electron chi connectivity index (χ1n) is 4.60. The highest BCUT2D eigenvalue weighted by molar-refractivity contribution is 8.03. The minimum absolute atomic E-state index is 0.0637. The Hall–Kier alpha value is -0.660. The molecule has 1 aliphatic heterocycles. The van der Waals surface area contributed by atoms with Crippen LogP contribution in [0.1, 0.15) is 12.0 Å². The summed E-state index contributed by atoms with van der Waals surface area (Å²) in [5, 5.41) is 4.27. The van der Waals surface area contributed by atoms with E-state index in [0.29, 0.717) is 5.56 Å². The molecule has 1 aromatic heterocycles. The monoisotopic (exact) mass is 278 g/mol. The van der Waals surface area contributed by atoms with E-state index in [0.717, 1.165) is 5.41 Å². The summed E-state index contributed by atoms with van der Waals surface area (Å²) in [5.41, 5.74) is 0.468. The summed E-state index contributed by atoms with van der Waals surface area (Å²) in [6.07, 6.45) is 0.162. The Labute approximate surface area is 98.5 Å². The zero-order valence-corrected chi connectivity index (χ0v) is 10.7. The maximum Gasteiger partial charge on any atom is 0.179 e. The fraction of sp³-hybridized carbons (Fsp3) is 0.333. The van der Waals surface area contributed by atoms with Crippen molar-refractivity contribution in [2.24, 2.45) is 0 Å². The van der Waals surface area contributed by atoms with E-state index < -0.39 is 19.7 Å². The number of hydrogen-bond acceptors (Lipinski definition) is 5. The van der Waals surface area contributed by atoms with Gasteiger partial charge < -0.3 is 0 Å². The third-order valence-corrected chi connectivity index (χ3v) is 6.40. The summed E-state index contributed by atoms with van der Waals surface area (Å²) in [7, 11) is -6.87. The van der Waals surface area contributed by atoms with Gasteiger partial charge in [0.1, 0.15) is 0 Å². The van der Waals surface area contributed by atoms with E-state index in [1.807, 2.05) is 0 Å². The molecule has 0 unspecified atom stereocenters. The molecule has 0 aliphatic carbocycles. The molecule has 7 heteroatoms. The molecule has 88 valence electrons. The second-order valence-electron chi connectivity index (χ2n) is 3.53. The van der Waals surface area contributed by atoms with Crippen LogP contribution in [0.15, 0.2) is 22.2 Å². The van der Waals surface area contributed by atoms with E-state index in [4.69, 9.17) is 0 Å². The highest BCUT2D eigenvalue weighted by Gasteiger charge is 2.27. The van der Waals surface area contributed by atoms with Crippen LogP contribution < -0.4 is 0 Å². The average Bonchev–Trinajstić information content (AvgIpc) is 2.62. The Morgan fingerprint density at radius 3 is 2.50 bits per heavy atom. The molecule has 4 nitrogen and oxygen atoms in total. The minimum atomic E-state index is -3.47. The second kappa shape index (κ2) is 3.97. The van der Waals surface area contributed by atoms with Gasteiger partial charge in [0.25, 0.3) is 0 Å². The highest BCUT2D eigenvalue weighted by Crippen LogP contribution is 2.28. The molecule has 2 heterocycles. The Balaban J connectivity index is 2.65. The van der Waals surface area contributed by atoms with E-state index in [1.54, 1.807) is 16.8 Å². The summed E-state index contributed by atoms with van der Waals surface area (Å²) >= 11 is 1.34. The zero-order chi connectivity index (χ0) is 11.8. The van der Waals surface area contributed by atoms with Gasteiger partial charge in [-0.1, -0.05) is 0 Å². The Morgan fingerprint density at radius 2 is 1.88 bits per heavy atom. The fourth-order valence-electron chi connectivity index (χ4n) is 1.51. The number of thiophene rings is 1. The van der Waals surface area contributed by atoms with E-state index in [1.165, 1.54) is 11.3 Å². The topological polar surface area (TPSA) is 68.3 Å². The third-order valence-electron chi connectivity index (χ3n) is 2.27. The van der Waals surface area contributed by atoms with Gasteiger partial charge in [-0.15, -0.1) is 0 Å². The van der Waals surface area contributed by atoms with Crippen molar-refractivity contribution < 1.29 is 16.8 Å². The van der Waals surface area contributed by atoms with Gasteiger partial charge in [0, 0.05) is 11.0 Å². The van der Waals surface area contributed by atoms with Crippen molar-refractivity contribution in [1.29, 1.82) is 0 Å². The first-order valence-corrected chi connectivity index (χ1v) is 8.92. The summed E-state index contributed by atoms with van der Waals surface area (Å²) < 4.78 is 46.8. The van der Waals surface area contributed by atoms with E-state index in [2.05, 4.69) is 0 Å². The first kappa shape index (κ1) is 11.8. The molecule has 0 spiro atoms. The molecule has 0 saturated heterocycles. The van der Waals surface area contributed by atoms with Gasteiger partial charge in [-0.25, -0.2) is 16.8 Å². The summed E-state index contributed by atoms with van der Waals surface area (Å²) in [6, 6.07) is 1.62. The maximum absolute atomic E-state index is 11.9. The summed E-state index contributed by atoms with van der Waals surface area (Å²) in [6.45, 7) is 0. The predicted octanol–water partition coefficient (Wildman–Crippen LogP) is 1.28. The van der Waals surface area contributed by atoms with E-state index in [9.17, 15) is 16.8 Å². The smallest absolute Gasteiger partial charge is 0.179 e. The highest BCUT2D eigenvalue weighted by atomic mass is 32.2. The quantitative estimate of drug-likeness (QED) is 0.776. The van der Waals surface area contributed by atoms with Crippen LogP contribution >= 0.6 is 11.3 Å². The van der Waals surface area contributed by atoms with Crippen LogP contribution in [0.2, 0.25) is 0 Å². The Bertz CT molecular complexity index is 606. The van der Waals surface area contributed by atoms with E-state index in [-0.39, 0.29) is 22.8 Å². The predicted molar refractivity (Wildman–Crippen MR) is 64.5 cm³/mol. The Morgan fingerprint density at radius 1 is 1.12 bits per heavy atom. The van der Waals surface area contributed by atoms with Crippen LogP contribution in [0, 0.1) is 0 Å². The molecule has 0 amide bonds. The average molecular weight is 278 g/mol. The number of sulfone groups is 2.